The largest absolute Gasteiger partial charge is 0.481 e. The number of rotatable bonds is 9. The lowest BCUT2D eigenvalue weighted by Crippen LogP contribution is -2.28. The number of carbonyl (C=O) groups excluding carboxylic acids is 1. The number of pyridine rings is 3. The number of carbonyl (C=O) groups is 2. The van der Waals surface area contributed by atoms with E-state index < -0.39 is 33.5 Å². The minimum absolute atomic E-state index is 0.0323. The summed E-state index contributed by atoms with van der Waals surface area (Å²) in [5.74, 6) is -1.74. The van der Waals surface area contributed by atoms with Crippen molar-refractivity contribution in [3.05, 3.63) is 85.2 Å². The number of fused-ring (bicyclic) bond motifs is 1. The maximum atomic E-state index is 13.4. The Morgan fingerprint density at radius 1 is 1.08 bits per heavy atom. The summed E-state index contributed by atoms with van der Waals surface area (Å²) in [5, 5.41) is 13.6. The molecule has 0 radical (unpaired) electrons. The number of hydrogen-bond donors (Lipinski definition) is 3. The summed E-state index contributed by atoms with van der Waals surface area (Å²) < 4.78 is 26.9. The third-order valence-corrected chi connectivity index (χ3v) is 7.35. The highest BCUT2D eigenvalue weighted by molar-refractivity contribution is 7.92. The summed E-state index contributed by atoms with van der Waals surface area (Å²) >= 11 is 0. The summed E-state index contributed by atoms with van der Waals surface area (Å²) in [5.41, 5.74) is 2.88. The monoisotopic (exact) mass is 517 g/mol. The SMILES string of the molecule is C=CC(Nc1nc(-c2ncccc2C)cc2cccnc12)S(=O)(=O)c1ccc(NC(=O)CC(=O)O)cc1. The minimum Gasteiger partial charge on any atom is -0.481 e. The number of benzene rings is 1. The lowest BCUT2D eigenvalue weighted by molar-refractivity contribution is -0.139. The number of sulfone groups is 1. The first kappa shape index (κ1) is 25.5. The molecule has 3 N–H and O–H groups in total. The lowest BCUT2D eigenvalue weighted by Gasteiger charge is -2.18. The Kier molecular flexibility index (Phi) is 7.25. The first-order chi connectivity index (χ1) is 17.7. The van der Waals surface area contributed by atoms with Gasteiger partial charge in [0, 0.05) is 23.5 Å². The van der Waals surface area contributed by atoms with E-state index in [9.17, 15) is 18.0 Å². The summed E-state index contributed by atoms with van der Waals surface area (Å²) in [7, 11) is -3.99. The van der Waals surface area contributed by atoms with E-state index in [4.69, 9.17) is 5.11 Å². The van der Waals surface area contributed by atoms with Gasteiger partial charge in [-0.2, -0.15) is 0 Å². The molecule has 1 aromatic carbocycles. The number of aromatic nitrogens is 3. The van der Waals surface area contributed by atoms with E-state index in [1.165, 1.54) is 30.3 Å². The summed E-state index contributed by atoms with van der Waals surface area (Å²) in [6, 6.07) is 14.6. The van der Waals surface area contributed by atoms with Crippen LogP contribution < -0.4 is 10.6 Å². The van der Waals surface area contributed by atoms with Gasteiger partial charge in [0.15, 0.2) is 11.2 Å². The molecule has 3 aromatic heterocycles. The second-order valence-corrected chi connectivity index (χ2v) is 10.2. The molecule has 0 aliphatic heterocycles. The Bertz CT molecular complexity index is 1600. The van der Waals surface area contributed by atoms with E-state index in [0.29, 0.717) is 16.9 Å². The van der Waals surface area contributed by atoms with Crippen molar-refractivity contribution in [2.75, 3.05) is 10.6 Å². The topological polar surface area (TPSA) is 151 Å². The van der Waals surface area contributed by atoms with Gasteiger partial charge in [-0.25, -0.2) is 13.4 Å². The van der Waals surface area contributed by atoms with Gasteiger partial charge in [0.2, 0.25) is 15.7 Å². The van der Waals surface area contributed by atoms with Crippen LogP contribution >= 0.6 is 0 Å². The predicted octanol–water partition coefficient (Wildman–Crippen LogP) is 3.81. The lowest BCUT2D eigenvalue weighted by atomic mass is 10.1. The molecule has 4 aromatic rings. The maximum absolute atomic E-state index is 13.4. The van der Waals surface area contributed by atoms with Crippen molar-refractivity contribution in [3.63, 3.8) is 0 Å². The average molecular weight is 518 g/mol. The third-order valence-electron chi connectivity index (χ3n) is 5.45. The van der Waals surface area contributed by atoms with E-state index in [1.54, 1.807) is 18.5 Å². The Morgan fingerprint density at radius 2 is 1.78 bits per heavy atom. The number of carboxylic acids is 1. The molecule has 188 valence electrons. The van der Waals surface area contributed by atoms with Gasteiger partial charge in [-0.1, -0.05) is 24.8 Å². The highest BCUT2D eigenvalue weighted by Gasteiger charge is 2.26. The third kappa shape index (κ3) is 5.62. The molecule has 37 heavy (non-hydrogen) atoms. The number of aryl methyl sites for hydroxylation is 1. The summed E-state index contributed by atoms with van der Waals surface area (Å²) in [4.78, 5) is 35.8. The van der Waals surface area contributed by atoms with Gasteiger partial charge in [-0.3, -0.25) is 19.6 Å². The smallest absolute Gasteiger partial charge is 0.312 e. The molecular weight excluding hydrogens is 494 g/mol. The average Bonchev–Trinajstić information content (AvgIpc) is 2.87. The second-order valence-electron chi connectivity index (χ2n) is 8.09. The maximum Gasteiger partial charge on any atom is 0.312 e. The number of aliphatic carboxylic acids is 1. The molecule has 1 unspecified atom stereocenters. The van der Waals surface area contributed by atoms with Crippen molar-refractivity contribution in [3.8, 4) is 11.4 Å². The number of nitrogens with zero attached hydrogens (tertiary/aromatic N) is 3. The van der Waals surface area contributed by atoms with Crippen LogP contribution in [0.1, 0.15) is 12.0 Å². The van der Waals surface area contributed by atoms with E-state index in [2.05, 4.69) is 32.2 Å². The summed E-state index contributed by atoms with van der Waals surface area (Å²) in [6.07, 6.45) is 3.81. The van der Waals surface area contributed by atoms with Crippen LogP contribution in [0.15, 0.2) is 84.5 Å². The van der Waals surface area contributed by atoms with Crippen molar-refractivity contribution >= 4 is 44.1 Å². The van der Waals surface area contributed by atoms with Gasteiger partial charge in [-0.05, 0) is 55.0 Å². The van der Waals surface area contributed by atoms with Gasteiger partial charge in [0.1, 0.15) is 11.9 Å². The first-order valence-electron chi connectivity index (χ1n) is 11.1. The normalized spacial score (nSPS) is 12.0. The number of nitrogens with one attached hydrogen (secondary N) is 2. The second kappa shape index (κ2) is 10.5. The quantitative estimate of drug-likeness (QED) is 0.222. The van der Waals surface area contributed by atoms with Crippen LogP contribution in [0.25, 0.3) is 22.3 Å². The molecule has 3 heterocycles. The molecule has 0 aliphatic rings. The van der Waals surface area contributed by atoms with Crippen molar-refractivity contribution in [1.82, 2.24) is 15.0 Å². The van der Waals surface area contributed by atoms with E-state index in [1.807, 2.05) is 31.2 Å². The molecule has 0 saturated heterocycles. The van der Waals surface area contributed by atoms with Crippen LogP contribution in [0.2, 0.25) is 0 Å². The zero-order valence-electron chi connectivity index (χ0n) is 19.7. The summed E-state index contributed by atoms with van der Waals surface area (Å²) in [6.45, 7) is 5.61. The van der Waals surface area contributed by atoms with Crippen molar-refractivity contribution in [2.45, 2.75) is 23.6 Å². The fourth-order valence-corrected chi connectivity index (χ4v) is 5.00. The van der Waals surface area contributed by atoms with E-state index >= 15 is 0 Å². The molecule has 0 saturated carbocycles. The van der Waals surface area contributed by atoms with Gasteiger partial charge >= 0.3 is 5.97 Å². The molecule has 10 nitrogen and oxygen atoms in total. The van der Waals surface area contributed by atoms with Crippen LogP contribution in [-0.4, -0.2) is 45.7 Å². The first-order valence-corrected chi connectivity index (χ1v) is 12.7. The fraction of sp³-hybridized carbons (Fsp3) is 0.115. The molecule has 0 aliphatic carbocycles. The highest BCUT2D eigenvalue weighted by Crippen LogP contribution is 2.29. The Balaban J connectivity index is 1.67. The Labute approximate surface area is 213 Å². The molecule has 4 rings (SSSR count). The van der Waals surface area contributed by atoms with Crippen LogP contribution in [0, 0.1) is 6.92 Å². The van der Waals surface area contributed by atoms with E-state index in [0.717, 1.165) is 10.9 Å². The molecule has 0 fully saturated rings. The van der Waals surface area contributed by atoms with Crippen LogP contribution in [0.5, 0.6) is 0 Å². The highest BCUT2D eigenvalue weighted by atomic mass is 32.2. The fourth-order valence-electron chi connectivity index (χ4n) is 3.68. The van der Waals surface area contributed by atoms with Gasteiger partial charge in [0.25, 0.3) is 0 Å². The number of carboxylic acid groups (broad SMARTS) is 1. The molecular formula is C26H23N5O5S. The number of amides is 1. The Hall–Kier alpha value is -4.64. The molecule has 11 heteroatoms. The van der Waals surface area contributed by atoms with Crippen molar-refractivity contribution < 1.29 is 23.1 Å². The molecule has 0 bridgehead atoms. The van der Waals surface area contributed by atoms with Crippen LogP contribution in [0.4, 0.5) is 11.5 Å². The zero-order valence-corrected chi connectivity index (χ0v) is 20.6. The number of anilines is 2. The molecule has 1 amide bonds. The van der Waals surface area contributed by atoms with Crippen molar-refractivity contribution in [2.24, 2.45) is 0 Å². The van der Waals surface area contributed by atoms with Crippen molar-refractivity contribution in [1.29, 1.82) is 0 Å². The zero-order chi connectivity index (χ0) is 26.6. The van der Waals surface area contributed by atoms with Crippen LogP contribution in [0.3, 0.4) is 0 Å². The molecule has 0 spiro atoms. The van der Waals surface area contributed by atoms with E-state index in [-0.39, 0.29) is 16.4 Å². The van der Waals surface area contributed by atoms with Gasteiger partial charge in [0.05, 0.1) is 16.3 Å². The Morgan fingerprint density at radius 3 is 2.46 bits per heavy atom. The van der Waals surface area contributed by atoms with Gasteiger partial charge < -0.3 is 15.7 Å². The minimum atomic E-state index is -3.99. The standard InChI is InChI=1S/C26H23N5O5S/c1-3-22(37(35,36)19-10-8-18(9-11-19)29-21(32)15-23(33)34)31-26-25-17(7-5-13-28-25)14-20(30-26)24-16(2)6-4-12-27-24/h3-14,22H,1,15H2,2H3,(H,29,32)(H,30,31)(H,33,34). The van der Waals surface area contributed by atoms with Gasteiger partial charge in [-0.15, -0.1) is 0 Å². The molecule has 1 atom stereocenters. The predicted molar refractivity (Wildman–Crippen MR) is 140 cm³/mol. The van der Waals surface area contributed by atoms with Crippen LogP contribution in [-0.2, 0) is 19.4 Å². The number of hydrogen-bond acceptors (Lipinski definition) is 8.